The van der Waals surface area contributed by atoms with Crippen LogP contribution in [0.15, 0.2) is 24.3 Å². The normalized spacial score (nSPS) is 12.1. The van der Waals surface area contributed by atoms with Crippen molar-refractivity contribution in [2.75, 3.05) is 7.11 Å². The van der Waals surface area contributed by atoms with Gasteiger partial charge >= 0.3 is 10.4 Å². The van der Waals surface area contributed by atoms with E-state index in [-0.39, 0.29) is 11.6 Å². The predicted octanol–water partition coefficient (Wildman–Crippen LogP) is 11.4. The van der Waals surface area contributed by atoms with Gasteiger partial charge in [0.2, 0.25) is 0 Å². The zero-order chi connectivity index (χ0) is 35.5. The first kappa shape index (κ1) is 47.8. The van der Waals surface area contributed by atoms with Crippen molar-refractivity contribution in [1.82, 2.24) is 0 Å². The molecule has 0 aliphatic rings. The molecule has 0 aromatic rings. The van der Waals surface area contributed by atoms with Crippen LogP contribution >= 0.6 is 0 Å². The Kier molecular flexibility index (Phi) is 35.1. The van der Waals surface area contributed by atoms with E-state index in [4.69, 9.17) is 10.3 Å². The van der Waals surface area contributed by atoms with Crippen LogP contribution in [0, 0.1) is 0 Å². The summed E-state index contributed by atoms with van der Waals surface area (Å²) in [6.45, 7) is 6.16. The first-order valence-electron chi connectivity index (χ1n) is 19.2. The van der Waals surface area contributed by atoms with Crippen molar-refractivity contribution >= 4 is 22.0 Å². The molecule has 278 valence electrons. The minimum absolute atomic E-state index is 0.0760. The summed E-state index contributed by atoms with van der Waals surface area (Å²) < 4.78 is 29.7. The van der Waals surface area contributed by atoms with E-state index in [1.165, 1.54) is 128 Å². The van der Waals surface area contributed by atoms with E-state index in [2.05, 4.69) is 42.3 Å². The van der Waals surface area contributed by atoms with E-state index in [0.717, 1.165) is 45.6 Å². The van der Waals surface area contributed by atoms with Gasteiger partial charge in [-0.2, -0.15) is 8.42 Å². The van der Waals surface area contributed by atoms with Crippen LogP contribution in [0.25, 0.3) is 0 Å². The molecule has 8 heteroatoms. The van der Waals surface area contributed by atoms with Gasteiger partial charge in [0.25, 0.3) is 0 Å². The third kappa shape index (κ3) is 35.8. The fourth-order valence-electron chi connectivity index (χ4n) is 5.39. The van der Waals surface area contributed by atoms with Crippen LogP contribution < -0.4 is 5.73 Å². The molecule has 0 atom stereocenters. The molecule has 0 amide bonds. The number of carbonyl (C=O) groups is 2. The molecular weight excluding hydrogens is 610 g/mol. The van der Waals surface area contributed by atoms with Gasteiger partial charge in [0.05, 0.1) is 7.11 Å². The van der Waals surface area contributed by atoms with Gasteiger partial charge in [-0.25, -0.2) is 0 Å². The number of carbonyl (C=O) groups excluding carboxylic acids is 2. The molecule has 0 bridgehead atoms. The fraction of sp³-hybridized carbons (Fsp3) is 0.846. The summed E-state index contributed by atoms with van der Waals surface area (Å²) in [7, 11) is -3.29. The Morgan fingerprint density at radius 2 is 0.787 bits per heavy atom. The number of rotatable bonds is 33. The lowest BCUT2D eigenvalue weighted by atomic mass is 9.86. The summed E-state index contributed by atoms with van der Waals surface area (Å²) in [6.07, 6.45) is 42.4. The lowest BCUT2D eigenvalue weighted by Crippen LogP contribution is -2.52. The largest absolute Gasteiger partial charge is 0.397 e. The zero-order valence-corrected chi connectivity index (χ0v) is 31.9. The molecule has 0 saturated carbocycles. The van der Waals surface area contributed by atoms with Crippen molar-refractivity contribution in [3.63, 3.8) is 0 Å². The molecule has 0 fully saturated rings. The molecular formula is C39H75NO6S. The highest BCUT2D eigenvalue weighted by molar-refractivity contribution is 7.80. The van der Waals surface area contributed by atoms with Crippen LogP contribution in [0.1, 0.15) is 201 Å². The minimum atomic E-state index is -4.16. The summed E-state index contributed by atoms with van der Waals surface area (Å²) in [4.78, 5) is 25.3. The molecule has 3 N–H and O–H groups in total. The standard InChI is InChI=1S/C38H71NO2.CH4O4S/c1-4-6-8-10-12-14-16-18-20-22-24-26-28-30-32-34-36(40)38(3,39)37(41)35-33-31-29-27-25-23-21-19-17-15-13-11-9-7-5-2;1-5-6(2,3)4/h18-21H,4-17,22-35,39H2,1-3H3;1H3,(H,2,3,4)/b20-18-,21-19-;. The Morgan fingerprint density at radius 1 is 0.553 bits per heavy atom. The van der Waals surface area contributed by atoms with Crippen molar-refractivity contribution in [2.45, 2.75) is 206 Å². The number of nitrogens with two attached hydrogens (primary N) is 1. The van der Waals surface area contributed by atoms with Crippen LogP contribution in [-0.2, 0) is 24.2 Å². The number of hydrogen-bond acceptors (Lipinski definition) is 6. The first-order valence-corrected chi connectivity index (χ1v) is 20.6. The van der Waals surface area contributed by atoms with Crippen molar-refractivity contribution in [3.8, 4) is 0 Å². The van der Waals surface area contributed by atoms with E-state index >= 15 is 0 Å². The molecule has 0 spiro atoms. The molecule has 0 aromatic carbocycles. The summed E-state index contributed by atoms with van der Waals surface area (Å²) in [5.74, 6) is -0.152. The van der Waals surface area contributed by atoms with Crippen LogP contribution in [0.4, 0.5) is 0 Å². The van der Waals surface area contributed by atoms with E-state index in [1.54, 1.807) is 6.92 Å². The molecule has 0 aliphatic carbocycles. The topological polar surface area (TPSA) is 124 Å². The lowest BCUT2D eigenvalue weighted by molar-refractivity contribution is -0.134. The van der Waals surface area contributed by atoms with Gasteiger partial charge in [0.15, 0.2) is 11.6 Å². The Labute approximate surface area is 291 Å². The van der Waals surface area contributed by atoms with Gasteiger partial charge in [0, 0.05) is 12.8 Å². The molecule has 0 aromatic heterocycles. The van der Waals surface area contributed by atoms with Gasteiger partial charge < -0.3 is 5.73 Å². The molecule has 7 nitrogen and oxygen atoms in total. The van der Waals surface area contributed by atoms with Gasteiger partial charge in [-0.15, -0.1) is 0 Å². The summed E-state index contributed by atoms with van der Waals surface area (Å²) in [5.41, 5.74) is 4.91. The molecule has 0 unspecified atom stereocenters. The maximum Gasteiger partial charge on any atom is 0.397 e. The van der Waals surface area contributed by atoms with Crippen LogP contribution in [0.2, 0.25) is 0 Å². The third-order valence-corrected chi connectivity index (χ3v) is 9.12. The molecule has 0 saturated heterocycles. The summed E-state index contributed by atoms with van der Waals surface area (Å²) in [6, 6.07) is 0. The van der Waals surface area contributed by atoms with Gasteiger partial charge in [-0.1, -0.05) is 141 Å². The SMILES string of the molecule is CCCCCCCC/C=C\CCCCCCCC(=O)C(C)(N)C(=O)CCCCCCC/C=C\CCCCCCCC.COS(=O)(=O)O. The van der Waals surface area contributed by atoms with E-state index in [0.29, 0.717) is 12.8 Å². The lowest BCUT2D eigenvalue weighted by Gasteiger charge is -2.21. The fourth-order valence-corrected chi connectivity index (χ4v) is 5.39. The van der Waals surface area contributed by atoms with Crippen LogP contribution in [-0.4, -0.2) is 37.2 Å². The van der Waals surface area contributed by atoms with Crippen molar-refractivity contribution in [1.29, 1.82) is 0 Å². The highest BCUT2D eigenvalue weighted by Crippen LogP contribution is 2.17. The molecule has 0 rings (SSSR count). The number of allylic oxidation sites excluding steroid dienone is 4. The second-order valence-corrected chi connectivity index (χ2v) is 14.5. The Hall–Kier alpha value is -1.35. The first-order chi connectivity index (χ1) is 22.5. The van der Waals surface area contributed by atoms with Crippen LogP contribution in [0.3, 0.4) is 0 Å². The molecule has 47 heavy (non-hydrogen) atoms. The highest BCUT2D eigenvalue weighted by atomic mass is 32.3. The average Bonchev–Trinajstić information content (AvgIpc) is 3.04. The maximum atomic E-state index is 12.6. The van der Waals surface area contributed by atoms with Crippen molar-refractivity contribution in [3.05, 3.63) is 24.3 Å². The highest BCUT2D eigenvalue weighted by Gasteiger charge is 2.34. The summed E-state index contributed by atoms with van der Waals surface area (Å²) >= 11 is 0. The minimum Gasteiger partial charge on any atom is -0.313 e. The Bertz CT molecular complexity index is 828. The van der Waals surface area contributed by atoms with Gasteiger partial charge in [-0.05, 0) is 71.1 Å². The monoisotopic (exact) mass is 686 g/mol. The quantitative estimate of drug-likeness (QED) is 0.0305. The van der Waals surface area contributed by atoms with E-state index in [9.17, 15) is 18.0 Å². The Balaban J connectivity index is 0. The summed E-state index contributed by atoms with van der Waals surface area (Å²) in [5, 5.41) is 0. The second-order valence-electron chi connectivity index (χ2n) is 13.3. The smallest absolute Gasteiger partial charge is 0.313 e. The van der Waals surface area contributed by atoms with Gasteiger partial charge in [0.1, 0.15) is 5.54 Å². The zero-order valence-electron chi connectivity index (χ0n) is 31.1. The van der Waals surface area contributed by atoms with Crippen molar-refractivity contribution in [2.24, 2.45) is 5.73 Å². The Morgan fingerprint density at radius 3 is 1.04 bits per heavy atom. The number of Topliss-reactive ketones (excluding diaryl/α,β-unsaturated/α-hetero) is 2. The number of hydrogen-bond donors (Lipinski definition) is 2. The second kappa shape index (κ2) is 34.5. The van der Waals surface area contributed by atoms with Gasteiger partial charge in [-0.3, -0.25) is 18.3 Å². The van der Waals surface area contributed by atoms with Crippen LogP contribution in [0.5, 0.6) is 0 Å². The number of unbranched alkanes of at least 4 members (excludes halogenated alkanes) is 22. The van der Waals surface area contributed by atoms with Crippen molar-refractivity contribution < 1.29 is 26.7 Å². The molecule has 0 radical (unpaired) electrons. The average molecular weight is 686 g/mol. The number of ketones is 2. The third-order valence-electron chi connectivity index (χ3n) is 8.70. The molecule has 0 heterocycles. The predicted molar refractivity (Wildman–Crippen MR) is 200 cm³/mol. The maximum absolute atomic E-state index is 12.6. The molecule has 0 aliphatic heterocycles. The van der Waals surface area contributed by atoms with E-state index in [1.807, 2.05) is 0 Å². The van der Waals surface area contributed by atoms with E-state index < -0.39 is 15.9 Å².